The van der Waals surface area contributed by atoms with Gasteiger partial charge in [0.1, 0.15) is 11.4 Å². The van der Waals surface area contributed by atoms with Crippen LogP contribution in [0.25, 0.3) is 0 Å². The number of halogens is 6. The molecular formula is C36H44F6N6S2. The third-order valence-electron chi connectivity index (χ3n) is 9.30. The molecule has 2 aliphatic heterocycles. The molecule has 6 heterocycles. The van der Waals surface area contributed by atoms with Gasteiger partial charge in [0.15, 0.2) is 0 Å². The van der Waals surface area contributed by atoms with E-state index in [2.05, 4.69) is 53.3 Å². The summed E-state index contributed by atoms with van der Waals surface area (Å²) in [5, 5.41) is 14.6. The second-order valence-electron chi connectivity index (χ2n) is 14.1. The molecule has 6 nitrogen and oxygen atoms in total. The van der Waals surface area contributed by atoms with Crippen LogP contribution in [0.1, 0.15) is 86.5 Å². The number of thiophene rings is 2. The molecule has 0 spiro atoms. The van der Waals surface area contributed by atoms with E-state index in [0.29, 0.717) is 24.5 Å². The molecule has 4 aromatic heterocycles. The first-order valence-electron chi connectivity index (χ1n) is 16.5. The smallest absolute Gasteiger partial charge is 0.362 e. The van der Waals surface area contributed by atoms with Gasteiger partial charge < -0.3 is 20.4 Å². The summed E-state index contributed by atoms with van der Waals surface area (Å²) in [6.07, 6.45) is -7.08. The number of alkyl halides is 6. The molecule has 0 radical (unpaired) electrons. The second-order valence-corrected chi connectivity index (χ2v) is 15.6. The Bertz CT molecular complexity index is 1580. The Morgan fingerprint density at radius 2 is 1.04 bits per heavy atom. The van der Waals surface area contributed by atoms with E-state index in [9.17, 15) is 26.3 Å². The van der Waals surface area contributed by atoms with Crippen LogP contribution in [0.15, 0.2) is 57.9 Å². The lowest BCUT2D eigenvalue weighted by Gasteiger charge is -2.31. The highest BCUT2D eigenvalue weighted by Crippen LogP contribution is 2.47. The maximum absolute atomic E-state index is 13.1. The highest BCUT2D eigenvalue weighted by atomic mass is 32.1. The fourth-order valence-electron chi connectivity index (χ4n) is 6.90. The van der Waals surface area contributed by atoms with Crippen LogP contribution in [-0.4, -0.2) is 50.2 Å². The summed E-state index contributed by atoms with van der Waals surface area (Å²) in [5.41, 5.74) is 2.60. The molecule has 0 saturated carbocycles. The zero-order chi connectivity index (χ0) is 36.5. The minimum Gasteiger partial charge on any atom is -0.362 e. The van der Waals surface area contributed by atoms with Crippen LogP contribution in [0.5, 0.6) is 0 Å². The van der Waals surface area contributed by atoms with E-state index < -0.39 is 34.6 Å². The first kappa shape index (κ1) is 38.0. The Morgan fingerprint density at radius 1 is 0.660 bits per heavy atom. The zero-order valence-electron chi connectivity index (χ0n) is 29.0. The molecule has 272 valence electrons. The molecule has 0 amide bonds. The number of nitrogens with zero attached hydrogens (tertiary/aromatic N) is 4. The number of aromatic nitrogens is 2. The van der Waals surface area contributed by atoms with E-state index >= 15 is 0 Å². The maximum Gasteiger partial charge on any atom is 0.433 e. The van der Waals surface area contributed by atoms with Gasteiger partial charge in [-0.15, -0.1) is 0 Å². The van der Waals surface area contributed by atoms with Crippen LogP contribution >= 0.6 is 22.7 Å². The van der Waals surface area contributed by atoms with Gasteiger partial charge in [-0.05, 0) is 109 Å². The number of nitrogens with one attached hydrogen (secondary N) is 2. The van der Waals surface area contributed by atoms with Gasteiger partial charge in [0.05, 0.1) is 34.8 Å². The molecule has 0 unspecified atom stereocenters. The molecule has 0 saturated heterocycles. The lowest BCUT2D eigenvalue weighted by atomic mass is 9.91. The topological polar surface area (TPSA) is 56.3 Å². The Morgan fingerprint density at radius 3 is 1.34 bits per heavy atom. The predicted octanol–water partition coefficient (Wildman–Crippen LogP) is 9.22. The monoisotopic (exact) mass is 738 g/mol. The first-order chi connectivity index (χ1) is 23.5. The number of hydrogen-bond acceptors (Lipinski definition) is 8. The number of pyridine rings is 2. The Kier molecular flexibility index (Phi) is 11.3. The summed E-state index contributed by atoms with van der Waals surface area (Å²) >= 11 is 3.27. The molecule has 6 rings (SSSR count). The summed E-state index contributed by atoms with van der Waals surface area (Å²) in [5.74, 6) is 0. The normalized spacial score (nSPS) is 17.6. The summed E-state index contributed by atoms with van der Waals surface area (Å²) in [6, 6.07) is 9.78. The van der Waals surface area contributed by atoms with Crippen LogP contribution in [-0.2, 0) is 23.2 Å². The first-order valence-corrected chi connectivity index (χ1v) is 18.4. The zero-order valence-corrected chi connectivity index (χ0v) is 30.7. The van der Waals surface area contributed by atoms with Gasteiger partial charge in [-0.3, -0.25) is 0 Å². The lowest BCUT2D eigenvalue weighted by molar-refractivity contribution is -0.142. The summed E-state index contributed by atoms with van der Waals surface area (Å²) in [7, 11) is 3.81. The number of rotatable bonds is 10. The standard InChI is InChI=1S/2C18H22F3N3S/c2*1-17(2)11-24(13(6-8-22-3)12-7-9-25-10-12)14-4-5-15(18(19,20)21)23-16(14)17/h2*4-5,7,9-10,13,22H,6,8,11H2,1-3H3/t2*13-/m10/s1. The molecular weight excluding hydrogens is 695 g/mol. The average Bonchev–Trinajstić information content (AvgIpc) is 3.85. The molecule has 2 atom stereocenters. The average molecular weight is 739 g/mol. The van der Waals surface area contributed by atoms with Gasteiger partial charge in [-0.1, -0.05) is 27.7 Å². The van der Waals surface area contributed by atoms with Crippen molar-refractivity contribution in [2.45, 2.75) is 75.8 Å². The van der Waals surface area contributed by atoms with Crippen molar-refractivity contribution in [3.8, 4) is 0 Å². The van der Waals surface area contributed by atoms with Gasteiger partial charge in [0, 0.05) is 23.9 Å². The fraction of sp³-hybridized carbons (Fsp3) is 0.500. The molecule has 0 bridgehead atoms. The van der Waals surface area contributed by atoms with E-state index in [-0.39, 0.29) is 12.1 Å². The molecule has 50 heavy (non-hydrogen) atoms. The van der Waals surface area contributed by atoms with E-state index in [1.807, 2.05) is 52.6 Å². The third-order valence-corrected chi connectivity index (χ3v) is 10.7. The van der Waals surface area contributed by atoms with Crippen molar-refractivity contribution in [3.63, 3.8) is 0 Å². The van der Waals surface area contributed by atoms with E-state index in [0.717, 1.165) is 49.4 Å². The van der Waals surface area contributed by atoms with Crippen molar-refractivity contribution in [2.24, 2.45) is 0 Å². The highest BCUT2D eigenvalue weighted by Gasteiger charge is 2.44. The molecule has 0 aromatic carbocycles. The van der Waals surface area contributed by atoms with E-state index in [1.54, 1.807) is 34.8 Å². The lowest BCUT2D eigenvalue weighted by Crippen LogP contribution is -2.33. The number of fused-ring (bicyclic) bond motifs is 2. The van der Waals surface area contributed by atoms with Gasteiger partial charge in [-0.25, -0.2) is 9.97 Å². The summed E-state index contributed by atoms with van der Waals surface area (Å²) < 4.78 is 78.4. The second kappa shape index (κ2) is 14.8. The predicted molar refractivity (Wildman–Crippen MR) is 190 cm³/mol. The van der Waals surface area contributed by atoms with Crippen molar-refractivity contribution < 1.29 is 26.3 Å². The minimum atomic E-state index is -4.42. The van der Waals surface area contributed by atoms with Crippen molar-refractivity contribution in [2.75, 3.05) is 50.1 Å². The van der Waals surface area contributed by atoms with Gasteiger partial charge in [0.2, 0.25) is 0 Å². The molecule has 2 aliphatic rings. The van der Waals surface area contributed by atoms with Crippen LogP contribution in [0, 0.1) is 0 Å². The fourth-order valence-corrected chi connectivity index (χ4v) is 8.32. The van der Waals surface area contributed by atoms with Gasteiger partial charge in [0.25, 0.3) is 0 Å². The third kappa shape index (κ3) is 8.13. The van der Waals surface area contributed by atoms with Crippen LogP contribution < -0.4 is 20.4 Å². The van der Waals surface area contributed by atoms with Crippen LogP contribution in [0.4, 0.5) is 37.7 Å². The van der Waals surface area contributed by atoms with Crippen molar-refractivity contribution in [1.29, 1.82) is 0 Å². The van der Waals surface area contributed by atoms with Gasteiger partial charge >= 0.3 is 12.4 Å². The molecule has 0 aliphatic carbocycles. The van der Waals surface area contributed by atoms with Crippen molar-refractivity contribution in [3.05, 3.63) is 91.8 Å². The highest BCUT2D eigenvalue weighted by molar-refractivity contribution is 7.08. The van der Waals surface area contributed by atoms with Crippen LogP contribution in [0.3, 0.4) is 0 Å². The number of anilines is 2. The van der Waals surface area contributed by atoms with Crippen molar-refractivity contribution in [1.82, 2.24) is 20.6 Å². The molecule has 0 fully saturated rings. The largest absolute Gasteiger partial charge is 0.433 e. The quantitative estimate of drug-likeness (QED) is 0.158. The molecule has 14 heteroatoms. The van der Waals surface area contributed by atoms with Crippen LogP contribution in [0.2, 0.25) is 0 Å². The SMILES string of the molecule is CNCC[C@@H](c1ccsc1)N1CC(C)(C)c2nc(C(F)(F)F)ccc21.CNCC[C@H](c1ccsc1)N1CC(C)(C)c2nc(C(F)(F)F)ccc21. The van der Waals surface area contributed by atoms with E-state index in [1.165, 1.54) is 11.1 Å². The Balaban J connectivity index is 0.000000194. The summed E-state index contributed by atoms with van der Waals surface area (Å²) in [6.45, 7) is 10.8. The van der Waals surface area contributed by atoms with E-state index in [4.69, 9.17) is 0 Å². The minimum absolute atomic E-state index is 0.123. The van der Waals surface area contributed by atoms with Gasteiger partial charge in [-0.2, -0.15) is 49.0 Å². The molecule has 4 aromatic rings. The Labute approximate surface area is 297 Å². The molecule has 2 N–H and O–H groups in total. The maximum atomic E-state index is 13.1. The number of hydrogen-bond donors (Lipinski definition) is 2. The summed E-state index contributed by atoms with van der Waals surface area (Å²) in [4.78, 5) is 12.4. The Hall–Kier alpha value is -3.20. The van der Waals surface area contributed by atoms with Crippen molar-refractivity contribution >= 4 is 34.0 Å².